The highest BCUT2D eigenvalue weighted by atomic mass is 19.4. The summed E-state index contributed by atoms with van der Waals surface area (Å²) in [6, 6.07) is 20.8. The first-order chi connectivity index (χ1) is 16.8. The Hall–Kier alpha value is -4.70. The monoisotopic (exact) mass is 469 g/mol. The number of hydrogen-bond donors (Lipinski definition) is 1. The summed E-state index contributed by atoms with van der Waals surface area (Å²) < 4.78 is 39.0. The van der Waals surface area contributed by atoms with Gasteiger partial charge < -0.3 is 5.32 Å². The molecule has 35 heavy (non-hydrogen) atoms. The number of hydrogen-bond acceptors (Lipinski definition) is 3. The summed E-state index contributed by atoms with van der Waals surface area (Å²) in [5.41, 5.74) is 2.00. The fraction of sp³-hybridized carbons (Fsp3) is 0.0357. The topological polar surface area (TPSA) is 65.8 Å². The molecule has 0 saturated heterocycles. The molecule has 0 bridgehead atoms. The van der Waals surface area contributed by atoms with Gasteiger partial charge in [-0.25, -0.2) is 0 Å². The zero-order valence-electron chi connectivity index (χ0n) is 18.3. The molecule has 1 N–H and O–H groups in total. The van der Waals surface area contributed by atoms with Crippen LogP contribution in [0.4, 0.5) is 18.9 Å². The lowest BCUT2D eigenvalue weighted by molar-refractivity contribution is -0.137. The average Bonchev–Trinajstić information content (AvgIpc) is 2.86. The van der Waals surface area contributed by atoms with Crippen molar-refractivity contribution in [3.63, 3.8) is 0 Å². The Balaban J connectivity index is 1.64. The van der Waals surface area contributed by atoms with Crippen molar-refractivity contribution < 1.29 is 18.0 Å². The molecule has 1 amide bonds. The summed E-state index contributed by atoms with van der Waals surface area (Å²) in [5, 5.41) is 13.8. The molecule has 0 spiro atoms. The van der Waals surface area contributed by atoms with Crippen LogP contribution in [0.2, 0.25) is 0 Å². The minimum atomic E-state index is -4.45. The quantitative estimate of drug-likeness (QED) is 0.260. The van der Waals surface area contributed by atoms with Crippen LogP contribution in [0, 0.1) is 11.3 Å². The first-order valence-corrected chi connectivity index (χ1v) is 10.6. The van der Waals surface area contributed by atoms with Crippen LogP contribution in [0.3, 0.4) is 0 Å². The molecule has 0 aliphatic rings. The number of carbonyl (C=O) groups is 1. The van der Waals surface area contributed by atoms with E-state index < -0.39 is 11.7 Å². The highest BCUT2D eigenvalue weighted by molar-refractivity contribution is 6.06. The molecule has 172 valence electrons. The number of halogens is 3. The minimum Gasteiger partial charge on any atom is -0.322 e. The van der Waals surface area contributed by atoms with Gasteiger partial charge in [0.15, 0.2) is 0 Å². The van der Waals surface area contributed by atoms with E-state index in [-0.39, 0.29) is 5.91 Å². The van der Waals surface area contributed by atoms with Crippen molar-refractivity contribution in [1.29, 1.82) is 5.26 Å². The summed E-state index contributed by atoms with van der Waals surface area (Å²) in [7, 11) is 0. The number of carbonyl (C=O) groups excluding carboxylic acids is 1. The molecule has 7 heteroatoms. The minimum absolute atomic E-state index is 0.372. The molecule has 0 aliphatic carbocycles. The Morgan fingerprint density at radius 3 is 2.49 bits per heavy atom. The number of aromatic nitrogens is 1. The fourth-order valence-corrected chi connectivity index (χ4v) is 3.59. The van der Waals surface area contributed by atoms with Crippen molar-refractivity contribution >= 4 is 27.9 Å². The molecular weight excluding hydrogens is 451 g/mol. The zero-order valence-corrected chi connectivity index (χ0v) is 18.3. The highest BCUT2D eigenvalue weighted by Crippen LogP contribution is 2.31. The smallest absolute Gasteiger partial charge is 0.322 e. The highest BCUT2D eigenvalue weighted by Gasteiger charge is 2.30. The van der Waals surface area contributed by atoms with E-state index in [1.165, 1.54) is 24.3 Å². The van der Waals surface area contributed by atoms with Gasteiger partial charge in [-0.1, -0.05) is 48.6 Å². The van der Waals surface area contributed by atoms with Gasteiger partial charge >= 0.3 is 6.18 Å². The van der Waals surface area contributed by atoms with E-state index in [1.807, 2.05) is 12.1 Å². The van der Waals surface area contributed by atoms with Crippen LogP contribution in [0.25, 0.3) is 16.3 Å². The van der Waals surface area contributed by atoms with Crippen molar-refractivity contribution in [3.05, 3.63) is 126 Å². The molecule has 0 radical (unpaired) electrons. The number of nitrogens with one attached hydrogen (secondary N) is 1. The number of fused-ring (bicyclic) bond motifs is 1. The predicted molar refractivity (Wildman–Crippen MR) is 129 cm³/mol. The first-order valence-electron chi connectivity index (χ1n) is 10.6. The van der Waals surface area contributed by atoms with Crippen LogP contribution in [0.1, 0.15) is 22.3 Å². The van der Waals surface area contributed by atoms with Gasteiger partial charge in [0.25, 0.3) is 0 Å². The molecule has 0 unspecified atom stereocenters. The van der Waals surface area contributed by atoms with E-state index in [2.05, 4.69) is 16.4 Å². The predicted octanol–water partition coefficient (Wildman–Crippen LogP) is 6.75. The number of amides is 1. The van der Waals surface area contributed by atoms with Gasteiger partial charge in [-0.15, -0.1) is 0 Å². The summed E-state index contributed by atoms with van der Waals surface area (Å²) in [4.78, 5) is 16.6. The summed E-state index contributed by atoms with van der Waals surface area (Å²) >= 11 is 0. The molecule has 4 aromatic rings. The summed E-state index contributed by atoms with van der Waals surface area (Å²) in [6.45, 7) is 0. The van der Waals surface area contributed by atoms with Crippen molar-refractivity contribution in [1.82, 2.24) is 4.98 Å². The Labute approximate surface area is 199 Å². The molecule has 4 rings (SSSR count). The number of rotatable bonds is 5. The van der Waals surface area contributed by atoms with Gasteiger partial charge in [-0.3, -0.25) is 9.78 Å². The normalized spacial score (nSPS) is 12.0. The number of allylic oxidation sites excluding steroid dienone is 2. The Morgan fingerprint density at radius 1 is 0.971 bits per heavy atom. The van der Waals surface area contributed by atoms with Crippen LogP contribution in [0.15, 0.2) is 103 Å². The number of benzene rings is 3. The van der Waals surface area contributed by atoms with E-state index in [9.17, 15) is 23.2 Å². The third-order valence-electron chi connectivity index (χ3n) is 5.28. The molecule has 3 aromatic carbocycles. The van der Waals surface area contributed by atoms with Gasteiger partial charge in [0.05, 0.1) is 17.2 Å². The summed E-state index contributed by atoms with van der Waals surface area (Å²) in [5.74, 6) is -0.372. The van der Waals surface area contributed by atoms with Crippen molar-refractivity contribution in [2.24, 2.45) is 0 Å². The molecule has 4 nitrogen and oxygen atoms in total. The maximum absolute atomic E-state index is 13.0. The van der Waals surface area contributed by atoms with Gasteiger partial charge in [0, 0.05) is 34.9 Å². The second-order valence-electron chi connectivity index (χ2n) is 7.60. The first kappa shape index (κ1) is 23.5. The van der Waals surface area contributed by atoms with Gasteiger partial charge in [-0.2, -0.15) is 18.4 Å². The van der Waals surface area contributed by atoms with E-state index in [0.29, 0.717) is 28.0 Å². The number of nitriles is 1. The number of alkyl halides is 3. The third-order valence-corrected chi connectivity index (χ3v) is 5.28. The molecule has 0 saturated carbocycles. The van der Waals surface area contributed by atoms with Crippen LogP contribution in [0.5, 0.6) is 0 Å². The van der Waals surface area contributed by atoms with Gasteiger partial charge in [0.2, 0.25) is 5.91 Å². The maximum atomic E-state index is 13.0. The van der Waals surface area contributed by atoms with Crippen LogP contribution >= 0.6 is 0 Å². The number of anilines is 1. The maximum Gasteiger partial charge on any atom is 0.416 e. The summed E-state index contributed by atoms with van der Waals surface area (Å²) in [6.07, 6.45) is 3.38. The van der Waals surface area contributed by atoms with E-state index >= 15 is 0 Å². The molecule has 0 aliphatic heterocycles. The molecular formula is C28H18F3N3O. The van der Waals surface area contributed by atoms with Crippen LogP contribution < -0.4 is 5.32 Å². The van der Waals surface area contributed by atoms with Crippen molar-refractivity contribution in [2.45, 2.75) is 6.18 Å². The average molecular weight is 469 g/mol. The molecule has 0 fully saturated rings. The van der Waals surface area contributed by atoms with E-state index in [1.54, 1.807) is 54.9 Å². The molecule has 1 heterocycles. The van der Waals surface area contributed by atoms with Crippen LogP contribution in [-0.2, 0) is 11.0 Å². The number of pyridine rings is 1. The van der Waals surface area contributed by atoms with Crippen molar-refractivity contribution in [2.75, 3.05) is 5.32 Å². The largest absolute Gasteiger partial charge is 0.416 e. The lowest BCUT2D eigenvalue weighted by atomic mass is 9.95. The van der Waals surface area contributed by atoms with E-state index in [0.717, 1.165) is 22.9 Å². The SMILES string of the molecule is N#Cc1cccc(/C(=C\C=C\C(=O)Nc2cccc3cnccc23)c2ccc(C(F)(F)F)cc2)c1. The standard InChI is InChI=1S/C28H18F3N3O/c29-28(30,31)23-12-10-20(11-13-23)24(21-5-1-4-19(16-21)17-32)7-3-9-27(35)34-26-8-2-6-22-18-33-15-14-25(22)26/h1-16,18H,(H,34,35)/b9-3+,24-7-. The lowest BCUT2D eigenvalue weighted by Crippen LogP contribution is -2.08. The fourth-order valence-electron chi connectivity index (χ4n) is 3.59. The van der Waals surface area contributed by atoms with Gasteiger partial charge in [0.1, 0.15) is 0 Å². The molecule has 1 aromatic heterocycles. The number of nitrogens with zero attached hydrogens (tertiary/aromatic N) is 2. The zero-order chi connectivity index (χ0) is 24.8. The Kier molecular flexibility index (Phi) is 6.74. The lowest BCUT2D eigenvalue weighted by Gasteiger charge is -2.11. The second kappa shape index (κ2) is 10.1. The Morgan fingerprint density at radius 2 is 1.74 bits per heavy atom. The Bertz CT molecular complexity index is 1470. The van der Waals surface area contributed by atoms with Crippen molar-refractivity contribution in [3.8, 4) is 6.07 Å². The second-order valence-corrected chi connectivity index (χ2v) is 7.60. The third kappa shape index (κ3) is 5.63. The van der Waals surface area contributed by atoms with E-state index in [4.69, 9.17) is 0 Å². The van der Waals surface area contributed by atoms with Gasteiger partial charge in [-0.05, 0) is 53.1 Å². The molecule has 0 atom stereocenters. The van der Waals surface area contributed by atoms with Crippen LogP contribution in [-0.4, -0.2) is 10.9 Å².